The van der Waals surface area contributed by atoms with Gasteiger partial charge in [-0.1, -0.05) is 0 Å². The first-order valence-electron chi connectivity index (χ1n) is 12.7. The molecule has 3 aliphatic rings. The maximum Gasteiger partial charge on any atom is 0.248 e. The fourth-order valence-corrected chi connectivity index (χ4v) is 6.36. The minimum absolute atomic E-state index is 0.0433. The minimum Gasteiger partial charge on any atom is -0.381 e. The van der Waals surface area contributed by atoms with Gasteiger partial charge in [0.2, 0.25) is 17.7 Å². The number of nitrogens with one attached hydrogen (secondary N) is 2. The lowest BCUT2D eigenvalue weighted by Gasteiger charge is -2.48. The highest BCUT2D eigenvalue weighted by atomic mass is 19.3. The largest absolute Gasteiger partial charge is 0.381 e. The number of pyridine rings is 1. The number of aromatic amines is 1. The summed E-state index contributed by atoms with van der Waals surface area (Å²) in [6, 6.07) is 2.29. The van der Waals surface area contributed by atoms with Crippen molar-refractivity contribution in [3.8, 4) is 0 Å². The third-order valence-corrected chi connectivity index (χ3v) is 8.45. The number of carbonyl (C=O) groups excluding carboxylic acids is 2. The number of hydrogen-bond donors (Lipinski definition) is 2. The molecule has 2 aromatic heterocycles. The van der Waals surface area contributed by atoms with E-state index in [0.717, 1.165) is 12.8 Å². The zero-order valence-corrected chi connectivity index (χ0v) is 20.3. The minimum atomic E-state index is -2.81. The Kier molecular flexibility index (Phi) is 6.69. The average Bonchev–Trinajstić information content (AvgIpc) is 3.50. The Bertz CT molecular complexity index is 1110. The molecular formula is C25H32F3N5O3. The molecule has 0 unspecified atom stereocenters. The van der Waals surface area contributed by atoms with Crippen molar-refractivity contribution in [1.82, 2.24) is 20.1 Å². The lowest BCUT2D eigenvalue weighted by Crippen LogP contribution is -2.55. The smallest absolute Gasteiger partial charge is 0.248 e. The molecule has 1 aliphatic heterocycles. The highest BCUT2D eigenvalue weighted by Gasteiger charge is 2.56. The van der Waals surface area contributed by atoms with Crippen molar-refractivity contribution in [2.75, 3.05) is 19.0 Å². The maximum absolute atomic E-state index is 14.7. The normalized spacial score (nSPS) is 29.8. The van der Waals surface area contributed by atoms with Crippen LogP contribution in [0, 0.1) is 11.3 Å². The Balaban J connectivity index is 1.38. The van der Waals surface area contributed by atoms with Crippen molar-refractivity contribution in [1.29, 1.82) is 0 Å². The lowest BCUT2D eigenvalue weighted by molar-refractivity contribution is -0.161. The highest BCUT2D eigenvalue weighted by Crippen LogP contribution is 2.53. The third-order valence-electron chi connectivity index (χ3n) is 8.45. The molecule has 11 heteroatoms. The van der Waals surface area contributed by atoms with Crippen LogP contribution in [0.2, 0.25) is 0 Å². The third kappa shape index (κ3) is 4.69. The van der Waals surface area contributed by atoms with E-state index in [4.69, 9.17) is 4.74 Å². The van der Waals surface area contributed by atoms with Gasteiger partial charge in [0, 0.05) is 26.4 Å². The first kappa shape index (κ1) is 25.0. The molecule has 2 N–H and O–H groups in total. The Labute approximate surface area is 207 Å². The van der Waals surface area contributed by atoms with E-state index in [2.05, 4.69) is 20.5 Å². The van der Waals surface area contributed by atoms with Gasteiger partial charge >= 0.3 is 0 Å². The summed E-state index contributed by atoms with van der Waals surface area (Å²) in [4.78, 5) is 33.0. The lowest BCUT2D eigenvalue weighted by atomic mass is 9.60. The summed E-state index contributed by atoms with van der Waals surface area (Å²) >= 11 is 0. The Morgan fingerprint density at radius 2 is 1.86 bits per heavy atom. The number of likely N-dealkylation sites (tertiary alicyclic amines) is 1. The topological polar surface area (TPSA) is 100 Å². The van der Waals surface area contributed by atoms with Crippen molar-refractivity contribution in [2.24, 2.45) is 11.3 Å². The van der Waals surface area contributed by atoms with Gasteiger partial charge < -0.3 is 15.0 Å². The summed E-state index contributed by atoms with van der Waals surface area (Å²) in [5, 5.41) is 9.39. The highest BCUT2D eigenvalue weighted by molar-refractivity contribution is 5.98. The number of ether oxygens (including phenoxy) is 1. The number of hydrogen-bond acceptors (Lipinski definition) is 5. The number of H-pyrrole nitrogens is 1. The molecule has 8 nitrogen and oxygen atoms in total. The van der Waals surface area contributed by atoms with E-state index in [0.29, 0.717) is 23.9 Å². The van der Waals surface area contributed by atoms with Crippen LogP contribution in [0.25, 0.3) is 11.0 Å². The number of alkyl halides is 3. The SMILES string of the molecule is COC1CCC(C2(C(=O)N3C[C@H](F)C[C@@H]3C(=O)Nc3ccc4[nH]ncc4n3)CCC(F)(F)CC2)CC1. The maximum atomic E-state index is 14.7. The summed E-state index contributed by atoms with van der Waals surface area (Å²) < 4.78 is 48.5. The Hall–Kier alpha value is -2.69. The van der Waals surface area contributed by atoms with Crippen molar-refractivity contribution < 1.29 is 27.5 Å². The predicted octanol–water partition coefficient (Wildman–Crippen LogP) is 4.24. The molecule has 0 aromatic carbocycles. The van der Waals surface area contributed by atoms with Crippen LogP contribution in [-0.4, -0.2) is 69.8 Å². The van der Waals surface area contributed by atoms with Gasteiger partial charge in [-0.25, -0.2) is 18.2 Å². The van der Waals surface area contributed by atoms with Gasteiger partial charge in [-0.05, 0) is 56.6 Å². The summed E-state index contributed by atoms with van der Waals surface area (Å²) in [5.74, 6) is -3.53. The van der Waals surface area contributed by atoms with Gasteiger partial charge in [0.25, 0.3) is 0 Å². The molecule has 2 aliphatic carbocycles. The van der Waals surface area contributed by atoms with Crippen molar-refractivity contribution >= 4 is 28.7 Å². The molecule has 36 heavy (non-hydrogen) atoms. The number of anilines is 1. The second-order valence-electron chi connectivity index (χ2n) is 10.5. The quantitative estimate of drug-likeness (QED) is 0.631. The van der Waals surface area contributed by atoms with Crippen molar-refractivity contribution in [3.05, 3.63) is 18.3 Å². The monoisotopic (exact) mass is 507 g/mol. The molecule has 0 spiro atoms. The number of amides is 2. The summed E-state index contributed by atoms with van der Waals surface area (Å²) in [5.41, 5.74) is 0.245. The fourth-order valence-electron chi connectivity index (χ4n) is 6.36. The molecule has 0 bridgehead atoms. The zero-order valence-electron chi connectivity index (χ0n) is 20.3. The second-order valence-corrected chi connectivity index (χ2v) is 10.5. The molecule has 2 atom stereocenters. The second kappa shape index (κ2) is 9.64. The van der Waals surface area contributed by atoms with Crippen LogP contribution in [0.15, 0.2) is 18.3 Å². The number of carbonyl (C=O) groups is 2. The molecule has 2 saturated carbocycles. The standard InChI is InChI=1S/C25H32F3N5O3/c1-36-17-4-2-15(3-5-17)24(8-10-25(27,28)11-9-24)23(35)33-14-16(26)12-20(33)22(34)31-21-7-6-18-19(30-21)13-29-32-18/h6-7,13,15-17,20H,2-5,8-12,14H2,1H3,(H,29,32)(H,30,31,34)/t15?,16-,17?,20-/m1/s1. The van der Waals surface area contributed by atoms with E-state index in [1.807, 2.05) is 0 Å². The fraction of sp³-hybridized carbons (Fsp3) is 0.680. The molecule has 1 saturated heterocycles. The molecule has 5 rings (SSSR count). The van der Waals surface area contributed by atoms with E-state index in [1.165, 1.54) is 11.1 Å². The summed E-state index contributed by atoms with van der Waals surface area (Å²) in [6.07, 6.45) is 2.35. The molecule has 2 amide bonds. The first-order chi connectivity index (χ1) is 17.2. The Morgan fingerprint density at radius 1 is 1.14 bits per heavy atom. The number of rotatable bonds is 5. The van der Waals surface area contributed by atoms with E-state index in [-0.39, 0.29) is 62.4 Å². The van der Waals surface area contributed by atoms with Gasteiger partial charge in [-0.3, -0.25) is 14.7 Å². The molecule has 3 heterocycles. The summed E-state index contributed by atoms with van der Waals surface area (Å²) in [6.45, 7) is -0.212. The van der Waals surface area contributed by atoms with Crippen LogP contribution in [-0.2, 0) is 14.3 Å². The number of fused-ring (bicyclic) bond motifs is 1. The van der Waals surface area contributed by atoms with E-state index in [9.17, 15) is 22.8 Å². The van der Waals surface area contributed by atoms with E-state index < -0.39 is 29.5 Å². The van der Waals surface area contributed by atoms with Crippen LogP contribution in [0.4, 0.5) is 19.0 Å². The van der Waals surface area contributed by atoms with Gasteiger partial charge in [0.05, 0.1) is 29.8 Å². The number of methoxy groups -OCH3 is 1. The zero-order chi connectivity index (χ0) is 25.5. The number of nitrogens with zero attached hydrogens (tertiary/aromatic N) is 3. The first-order valence-corrected chi connectivity index (χ1v) is 12.7. The molecule has 3 fully saturated rings. The molecule has 196 valence electrons. The van der Waals surface area contributed by atoms with Gasteiger partial charge in [-0.2, -0.15) is 5.10 Å². The van der Waals surface area contributed by atoms with Gasteiger partial charge in [0.1, 0.15) is 23.5 Å². The average molecular weight is 508 g/mol. The molecule has 0 radical (unpaired) electrons. The van der Waals surface area contributed by atoms with E-state index >= 15 is 0 Å². The van der Waals surface area contributed by atoms with E-state index in [1.54, 1.807) is 19.2 Å². The molecule has 2 aromatic rings. The molecular weight excluding hydrogens is 475 g/mol. The van der Waals surface area contributed by atoms with Crippen LogP contribution in [0.1, 0.15) is 57.8 Å². The Morgan fingerprint density at radius 3 is 2.56 bits per heavy atom. The predicted molar refractivity (Wildman–Crippen MR) is 126 cm³/mol. The van der Waals surface area contributed by atoms with Crippen LogP contribution >= 0.6 is 0 Å². The van der Waals surface area contributed by atoms with Crippen LogP contribution < -0.4 is 5.32 Å². The number of aromatic nitrogens is 3. The summed E-state index contributed by atoms with van der Waals surface area (Å²) in [7, 11) is 1.65. The van der Waals surface area contributed by atoms with Crippen molar-refractivity contribution in [3.63, 3.8) is 0 Å². The van der Waals surface area contributed by atoms with Crippen LogP contribution in [0.3, 0.4) is 0 Å². The van der Waals surface area contributed by atoms with Crippen LogP contribution in [0.5, 0.6) is 0 Å². The van der Waals surface area contributed by atoms with Gasteiger partial charge in [-0.15, -0.1) is 0 Å². The number of halogens is 3. The van der Waals surface area contributed by atoms with Gasteiger partial charge in [0.15, 0.2) is 0 Å². The van der Waals surface area contributed by atoms with Crippen molar-refractivity contribution in [2.45, 2.75) is 82.0 Å².